The molecule has 0 amide bonds. The van der Waals surface area contributed by atoms with Gasteiger partial charge >= 0.3 is 5.97 Å². The van der Waals surface area contributed by atoms with Crippen molar-refractivity contribution < 1.29 is 9.53 Å². The van der Waals surface area contributed by atoms with E-state index < -0.39 is 5.54 Å². The van der Waals surface area contributed by atoms with Crippen LogP contribution < -0.4 is 5.73 Å². The fourth-order valence-corrected chi connectivity index (χ4v) is 2.63. The predicted octanol–water partition coefficient (Wildman–Crippen LogP) is 3.23. The Hall–Kier alpha value is -1.00. The second kappa shape index (κ2) is 8.23. The quantitative estimate of drug-likeness (QED) is 0.451. The van der Waals surface area contributed by atoms with E-state index in [1.165, 1.54) is 4.90 Å². The zero-order valence-electron chi connectivity index (χ0n) is 11.7. The average molecular weight is 281 g/mol. The molecule has 106 valence electrons. The highest BCUT2D eigenvalue weighted by Gasteiger charge is 2.28. The number of thioether (sulfide) groups is 1. The minimum atomic E-state index is -0.854. The van der Waals surface area contributed by atoms with Crippen molar-refractivity contribution in [3.05, 3.63) is 30.3 Å². The first-order valence-electron chi connectivity index (χ1n) is 6.70. The SMILES string of the molecule is CCOC(=O)C(C)(N)CCCCSc1ccccc1. The number of nitrogens with two attached hydrogens (primary N) is 1. The molecule has 0 spiro atoms. The van der Waals surface area contributed by atoms with Gasteiger partial charge in [0.1, 0.15) is 5.54 Å². The maximum absolute atomic E-state index is 11.6. The molecule has 3 nitrogen and oxygen atoms in total. The Kier molecular flexibility index (Phi) is 6.95. The summed E-state index contributed by atoms with van der Waals surface area (Å²) in [6.45, 7) is 3.93. The number of benzene rings is 1. The van der Waals surface area contributed by atoms with Crippen LogP contribution >= 0.6 is 11.8 Å². The number of hydrogen-bond acceptors (Lipinski definition) is 4. The molecule has 0 saturated heterocycles. The van der Waals surface area contributed by atoms with Gasteiger partial charge in [-0.25, -0.2) is 0 Å². The van der Waals surface area contributed by atoms with Crippen LogP contribution in [-0.4, -0.2) is 23.9 Å². The van der Waals surface area contributed by atoms with Gasteiger partial charge in [-0.2, -0.15) is 0 Å². The highest BCUT2D eigenvalue weighted by Crippen LogP contribution is 2.20. The Labute approximate surface area is 119 Å². The lowest BCUT2D eigenvalue weighted by Gasteiger charge is -2.21. The predicted molar refractivity (Wildman–Crippen MR) is 80.2 cm³/mol. The number of esters is 1. The lowest BCUT2D eigenvalue weighted by molar-refractivity contribution is -0.149. The molecule has 0 aliphatic rings. The molecular weight excluding hydrogens is 258 g/mol. The number of rotatable bonds is 8. The van der Waals surface area contributed by atoms with Crippen molar-refractivity contribution in [2.45, 2.75) is 43.5 Å². The van der Waals surface area contributed by atoms with Crippen molar-refractivity contribution in [2.24, 2.45) is 5.73 Å². The van der Waals surface area contributed by atoms with Gasteiger partial charge in [0.2, 0.25) is 0 Å². The number of carbonyl (C=O) groups is 1. The average Bonchev–Trinajstić information content (AvgIpc) is 2.39. The fourth-order valence-electron chi connectivity index (χ4n) is 1.70. The Morgan fingerprint density at radius 2 is 2.00 bits per heavy atom. The zero-order valence-corrected chi connectivity index (χ0v) is 12.5. The summed E-state index contributed by atoms with van der Waals surface area (Å²) in [5.41, 5.74) is 5.10. The number of unbranched alkanes of at least 4 members (excludes halogenated alkanes) is 1. The van der Waals surface area contributed by atoms with Crippen molar-refractivity contribution in [2.75, 3.05) is 12.4 Å². The molecule has 4 heteroatoms. The number of hydrogen-bond donors (Lipinski definition) is 1. The lowest BCUT2D eigenvalue weighted by Crippen LogP contribution is -2.46. The summed E-state index contributed by atoms with van der Waals surface area (Å²) in [5.74, 6) is 0.744. The molecule has 0 heterocycles. The van der Waals surface area contributed by atoms with E-state index >= 15 is 0 Å². The van der Waals surface area contributed by atoms with E-state index in [2.05, 4.69) is 12.1 Å². The minimum Gasteiger partial charge on any atom is -0.465 e. The van der Waals surface area contributed by atoms with E-state index in [9.17, 15) is 4.79 Å². The molecule has 19 heavy (non-hydrogen) atoms. The molecule has 0 aliphatic carbocycles. The summed E-state index contributed by atoms with van der Waals surface area (Å²) in [7, 11) is 0. The van der Waals surface area contributed by atoms with Gasteiger partial charge in [-0.15, -0.1) is 11.8 Å². The van der Waals surface area contributed by atoms with Gasteiger partial charge < -0.3 is 10.5 Å². The molecule has 0 aromatic heterocycles. The van der Waals surface area contributed by atoms with Gasteiger partial charge in [0.15, 0.2) is 0 Å². The van der Waals surface area contributed by atoms with Crippen molar-refractivity contribution in [3.63, 3.8) is 0 Å². The molecule has 0 fully saturated rings. The van der Waals surface area contributed by atoms with Crippen LogP contribution in [0.15, 0.2) is 35.2 Å². The van der Waals surface area contributed by atoms with Crippen LogP contribution in [0.25, 0.3) is 0 Å². The van der Waals surface area contributed by atoms with Crippen molar-refractivity contribution in [1.82, 2.24) is 0 Å². The first kappa shape index (κ1) is 16.1. The molecule has 0 bridgehead atoms. The molecule has 0 saturated carbocycles. The molecule has 0 radical (unpaired) electrons. The van der Waals surface area contributed by atoms with Gasteiger partial charge in [0.05, 0.1) is 6.61 Å². The van der Waals surface area contributed by atoms with E-state index in [0.29, 0.717) is 13.0 Å². The monoisotopic (exact) mass is 281 g/mol. The topological polar surface area (TPSA) is 52.3 Å². The second-order valence-corrected chi connectivity index (χ2v) is 5.92. The number of ether oxygens (including phenoxy) is 1. The summed E-state index contributed by atoms with van der Waals surface area (Å²) in [6.07, 6.45) is 2.65. The van der Waals surface area contributed by atoms with Crippen LogP contribution in [0, 0.1) is 0 Å². The first-order valence-corrected chi connectivity index (χ1v) is 7.69. The van der Waals surface area contributed by atoms with Gasteiger partial charge in [-0.05, 0) is 44.6 Å². The van der Waals surface area contributed by atoms with E-state index in [-0.39, 0.29) is 5.97 Å². The smallest absolute Gasteiger partial charge is 0.325 e. The minimum absolute atomic E-state index is 0.300. The standard InChI is InChI=1S/C15H23NO2S/c1-3-18-14(17)15(2,16)11-7-8-12-19-13-9-5-4-6-10-13/h4-6,9-10H,3,7-8,11-12,16H2,1-2H3. The summed E-state index contributed by atoms with van der Waals surface area (Å²) >= 11 is 1.83. The Bertz CT molecular complexity index is 379. The zero-order chi connectivity index (χ0) is 14.1. The molecule has 1 aromatic carbocycles. The molecular formula is C15H23NO2S. The lowest BCUT2D eigenvalue weighted by atomic mass is 9.96. The van der Waals surface area contributed by atoms with Gasteiger partial charge in [-0.1, -0.05) is 24.6 Å². The third-order valence-electron chi connectivity index (χ3n) is 2.84. The van der Waals surface area contributed by atoms with Crippen molar-refractivity contribution in [3.8, 4) is 0 Å². The Balaban J connectivity index is 2.18. The summed E-state index contributed by atoms with van der Waals surface area (Å²) in [6, 6.07) is 10.3. The molecule has 0 aliphatic heterocycles. The third kappa shape index (κ3) is 6.12. The fraction of sp³-hybridized carbons (Fsp3) is 0.533. The van der Waals surface area contributed by atoms with Crippen LogP contribution in [0.4, 0.5) is 0 Å². The summed E-state index contributed by atoms with van der Waals surface area (Å²) in [5, 5.41) is 0. The van der Waals surface area contributed by atoms with Crippen LogP contribution in [0.2, 0.25) is 0 Å². The van der Waals surface area contributed by atoms with Gasteiger partial charge in [0.25, 0.3) is 0 Å². The molecule has 1 aromatic rings. The highest BCUT2D eigenvalue weighted by molar-refractivity contribution is 7.99. The largest absolute Gasteiger partial charge is 0.465 e. The maximum Gasteiger partial charge on any atom is 0.325 e. The Morgan fingerprint density at radius 3 is 2.63 bits per heavy atom. The van der Waals surface area contributed by atoms with E-state index in [1.54, 1.807) is 13.8 Å². The van der Waals surface area contributed by atoms with Crippen molar-refractivity contribution in [1.29, 1.82) is 0 Å². The molecule has 1 rings (SSSR count). The third-order valence-corrected chi connectivity index (χ3v) is 3.94. The highest BCUT2D eigenvalue weighted by atomic mass is 32.2. The van der Waals surface area contributed by atoms with Crippen LogP contribution in [0.3, 0.4) is 0 Å². The summed E-state index contributed by atoms with van der Waals surface area (Å²) < 4.78 is 4.96. The Morgan fingerprint density at radius 1 is 1.32 bits per heavy atom. The first-order chi connectivity index (χ1) is 9.06. The van der Waals surface area contributed by atoms with Crippen molar-refractivity contribution >= 4 is 17.7 Å². The molecule has 1 unspecified atom stereocenters. The second-order valence-electron chi connectivity index (χ2n) is 4.76. The van der Waals surface area contributed by atoms with Crippen LogP contribution in [0.1, 0.15) is 33.1 Å². The number of carbonyl (C=O) groups excluding carboxylic acids is 1. The summed E-state index contributed by atoms with van der Waals surface area (Å²) in [4.78, 5) is 12.9. The maximum atomic E-state index is 11.6. The van der Waals surface area contributed by atoms with Gasteiger partial charge in [0, 0.05) is 4.90 Å². The van der Waals surface area contributed by atoms with E-state index in [4.69, 9.17) is 10.5 Å². The van der Waals surface area contributed by atoms with Crippen LogP contribution in [0.5, 0.6) is 0 Å². The molecule has 2 N–H and O–H groups in total. The van der Waals surface area contributed by atoms with Crippen LogP contribution in [-0.2, 0) is 9.53 Å². The van der Waals surface area contributed by atoms with E-state index in [0.717, 1.165) is 18.6 Å². The van der Waals surface area contributed by atoms with Gasteiger partial charge in [-0.3, -0.25) is 4.79 Å². The normalized spacial score (nSPS) is 13.8. The van der Waals surface area contributed by atoms with E-state index in [1.807, 2.05) is 30.0 Å². The molecule has 1 atom stereocenters.